The van der Waals surface area contributed by atoms with Crippen LogP contribution in [-0.2, 0) is 28.6 Å². The fourth-order valence-electron chi connectivity index (χ4n) is 5.42. The van der Waals surface area contributed by atoms with Crippen LogP contribution < -0.4 is 0 Å². The molecule has 4 unspecified atom stereocenters. The van der Waals surface area contributed by atoms with E-state index in [1.807, 2.05) is 0 Å². The van der Waals surface area contributed by atoms with E-state index in [0.717, 1.165) is 64.2 Å². The minimum Gasteiger partial charge on any atom is -0.466 e. The van der Waals surface area contributed by atoms with Crippen LogP contribution in [0.15, 0.2) is 12.2 Å². The predicted molar refractivity (Wildman–Crippen MR) is 182 cm³/mol. The average molecular weight is 623 g/mol. The maximum Gasteiger partial charge on any atom is 0.306 e. The minimum absolute atomic E-state index is 0.00828. The quantitative estimate of drug-likeness (QED) is 0.0357. The minimum atomic E-state index is -0.506. The van der Waals surface area contributed by atoms with Crippen molar-refractivity contribution in [2.75, 3.05) is 13.2 Å². The van der Waals surface area contributed by atoms with Crippen molar-refractivity contribution in [1.29, 1.82) is 0 Å². The number of carbonyl (C=O) groups excluding carboxylic acids is 3. The fourth-order valence-corrected chi connectivity index (χ4v) is 5.42. The zero-order chi connectivity index (χ0) is 33.0. The lowest BCUT2D eigenvalue weighted by Crippen LogP contribution is -2.24. The Labute approximate surface area is 271 Å². The van der Waals surface area contributed by atoms with Crippen molar-refractivity contribution in [3.05, 3.63) is 12.2 Å². The molecule has 0 rings (SSSR count). The number of ether oxygens (including phenoxy) is 3. The molecule has 258 valence electrons. The van der Waals surface area contributed by atoms with E-state index in [9.17, 15) is 14.4 Å². The lowest BCUT2D eigenvalue weighted by atomic mass is 9.88. The van der Waals surface area contributed by atoms with E-state index in [-0.39, 0.29) is 43.3 Å². The van der Waals surface area contributed by atoms with Gasteiger partial charge in [0.05, 0.1) is 13.2 Å². The summed E-state index contributed by atoms with van der Waals surface area (Å²) in [6.07, 6.45) is 21.2. The van der Waals surface area contributed by atoms with E-state index in [4.69, 9.17) is 14.2 Å². The van der Waals surface area contributed by atoms with E-state index in [1.54, 1.807) is 0 Å². The van der Waals surface area contributed by atoms with Gasteiger partial charge in [-0.15, -0.1) is 0 Å². The van der Waals surface area contributed by atoms with Crippen LogP contribution in [0.3, 0.4) is 0 Å². The molecule has 4 atom stereocenters. The lowest BCUT2D eigenvalue weighted by molar-refractivity contribution is -0.151. The van der Waals surface area contributed by atoms with E-state index < -0.39 is 5.92 Å². The van der Waals surface area contributed by atoms with Crippen LogP contribution >= 0.6 is 0 Å². The summed E-state index contributed by atoms with van der Waals surface area (Å²) >= 11 is 0. The molecule has 0 saturated carbocycles. The second-order valence-electron chi connectivity index (χ2n) is 13.1. The summed E-state index contributed by atoms with van der Waals surface area (Å²) in [6.45, 7) is 16.1. The number of rotatable bonds is 29. The van der Waals surface area contributed by atoms with Gasteiger partial charge in [-0.3, -0.25) is 14.4 Å². The second kappa shape index (κ2) is 28.6. The first-order valence-electron chi connectivity index (χ1n) is 18.4. The highest BCUT2D eigenvalue weighted by Crippen LogP contribution is 2.23. The van der Waals surface area contributed by atoms with Crippen LogP contribution in [0, 0.1) is 23.7 Å². The van der Waals surface area contributed by atoms with Gasteiger partial charge in [0.25, 0.3) is 0 Å². The highest BCUT2D eigenvalue weighted by atomic mass is 16.5. The molecule has 0 saturated heterocycles. The summed E-state index contributed by atoms with van der Waals surface area (Å²) < 4.78 is 17.0. The Balaban J connectivity index is 5.23. The highest BCUT2D eigenvalue weighted by molar-refractivity contribution is 5.76. The van der Waals surface area contributed by atoms with E-state index in [1.165, 1.54) is 38.5 Å². The first-order valence-corrected chi connectivity index (χ1v) is 18.4. The third kappa shape index (κ3) is 23.5. The van der Waals surface area contributed by atoms with E-state index >= 15 is 0 Å². The molecule has 0 aliphatic heterocycles. The number of hydrogen-bond donors (Lipinski definition) is 0. The van der Waals surface area contributed by atoms with E-state index in [0.29, 0.717) is 31.0 Å². The molecule has 0 radical (unpaired) electrons. The van der Waals surface area contributed by atoms with Crippen molar-refractivity contribution in [1.82, 2.24) is 0 Å². The number of unbranched alkanes of at least 4 members (excludes halogenated alkanes) is 10. The monoisotopic (exact) mass is 623 g/mol. The summed E-state index contributed by atoms with van der Waals surface area (Å²) in [5, 5.41) is 0. The zero-order valence-electron chi connectivity index (χ0n) is 29.8. The van der Waals surface area contributed by atoms with Crippen molar-refractivity contribution in [3.63, 3.8) is 0 Å². The maximum absolute atomic E-state index is 13.2. The Morgan fingerprint density at radius 1 is 0.568 bits per heavy atom. The summed E-state index contributed by atoms with van der Waals surface area (Å²) in [7, 11) is 0. The lowest BCUT2D eigenvalue weighted by Gasteiger charge is -2.22. The van der Waals surface area contributed by atoms with Crippen molar-refractivity contribution in [2.24, 2.45) is 23.7 Å². The Bertz CT molecular complexity index is 716. The van der Waals surface area contributed by atoms with Crippen LogP contribution in [0.2, 0.25) is 0 Å². The first-order chi connectivity index (χ1) is 21.2. The Morgan fingerprint density at radius 3 is 1.50 bits per heavy atom. The molecule has 0 aromatic heterocycles. The van der Waals surface area contributed by atoms with Gasteiger partial charge in [0.2, 0.25) is 0 Å². The normalized spacial score (nSPS) is 14.4. The summed E-state index contributed by atoms with van der Waals surface area (Å²) in [6, 6.07) is 0. The summed E-state index contributed by atoms with van der Waals surface area (Å²) in [5.41, 5.74) is 0. The molecule has 0 aliphatic rings. The largest absolute Gasteiger partial charge is 0.466 e. The van der Waals surface area contributed by atoms with Gasteiger partial charge in [0.15, 0.2) is 0 Å². The number of allylic oxidation sites excluding steroid dienone is 1. The van der Waals surface area contributed by atoms with Gasteiger partial charge < -0.3 is 14.2 Å². The molecule has 0 N–H and O–H groups in total. The molecule has 0 aliphatic carbocycles. The molecule has 0 bridgehead atoms. The van der Waals surface area contributed by atoms with Crippen molar-refractivity contribution in [2.45, 2.75) is 177 Å². The van der Waals surface area contributed by atoms with Crippen molar-refractivity contribution in [3.8, 4) is 0 Å². The molecule has 0 aromatic rings. The number of carbonyl (C=O) groups is 3. The molecular weight excluding hydrogens is 552 g/mol. The smallest absolute Gasteiger partial charge is 0.306 e. The Kier molecular flexibility index (Phi) is 27.4. The maximum atomic E-state index is 13.2. The van der Waals surface area contributed by atoms with Crippen molar-refractivity contribution < 1.29 is 28.6 Å². The molecule has 0 fully saturated rings. The SMILES string of the molecule is CCCCCCCCOC(=O)CC(CC(=O)OCCCCCCCC)CC(=O)OC(/C=C\C(CC)C(C)CC)CC(C)CC. The predicted octanol–water partition coefficient (Wildman–Crippen LogP) is 10.6. The van der Waals surface area contributed by atoms with Crippen LogP contribution in [-0.4, -0.2) is 37.2 Å². The fraction of sp³-hybridized carbons (Fsp3) is 0.868. The zero-order valence-corrected chi connectivity index (χ0v) is 29.8. The highest BCUT2D eigenvalue weighted by Gasteiger charge is 2.25. The van der Waals surface area contributed by atoms with Gasteiger partial charge in [0, 0.05) is 19.3 Å². The second-order valence-corrected chi connectivity index (χ2v) is 13.1. The molecule has 44 heavy (non-hydrogen) atoms. The number of hydrogen-bond acceptors (Lipinski definition) is 6. The molecule has 0 amide bonds. The molecule has 0 heterocycles. The standard InChI is InChI=1S/C38H70O6/c1-8-13-15-17-19-21-25-42-36(39)28-33(29-37(40)43-26-22-20-18-16-14-9-2)30-38(41)44-35(27-31(6)10-3)24-23-34(12-5)32(7)11-4/h23-24,31-35H,8-22,25-30H2,1-7H3/b24-23-. The third-order valence-electron chi connectivity index (χ3n) is 8.92. The number of esters is 3. The van der Waals surface area contributed by atoms with Crippen LogP contribution in [0.1, 0.15) is 170 Å². The van der Waals surface area contributed by atoms with Crippen LogP contribution in [0.5, 0.6) is 0 Å². The molecule has 6 nitrogen and oxygen atoms in total. The van der Waals surface area contributed by atoms with Gasteiger partial charge in [-0.1, -0.05) is 132 Å². The van der Waals surface area contributed by atoms with Crippen LogP contribution in [0.25, 0.3) is 0 Å². The van der Waals surface area contributed by atoms with Gasteiger partial charge in [-0.2, -0.15) is 0 Å². The third-order valence-corrected chi connectivity index (χ3v) is 8.92. The van der Waals surface area contributed by atoms with Crippen LogP contribution in [0.4, 0.5) is 0 Å². The molecule has 6 heteroatoms. The van der Waals surface area contributed by atoms with Crippen molar-refractivity contribution >= 4 is 17.9 Å². The molecule has 0 spiro atoms. The first kappa shape index (κ1) is 42.1. The summed E-state index contributed by atoms with van der Waals surface area (Å²) in [4.78, 5) is 38.6. The van der Waals surface area contributed by atoms with E-state index in [2.05, 4.69) is 60.6 Å². The molecule has 0 aromatic carbocycles. The molecular formula is C38H70O6. The Morgan fingerprint density at radius 2 is 1.05 bits per heavy atom. The van der Waals surface area contributed by atoms with Gasteiger partial charge in [-0.25, -0.2) is 0 Å². The van der Waals surface area contributed by atoms with Gasteiger partial charge >= 0.3 is 17.9 Å². The summed E-state index contributed by atoms with van der Waals surface area (Å²) in [5.74, 6) is -0.207. The Hall–Kier alpha value is -1.85. The topological polar surface area (TPSA) is 78.9 Å². The average Bonchev–Trinajstić information content (AvgIpc) is 2.99. The van der Waals surface area contributed by atoms with Gasteiger partial charge in [0.1, 0.15) is 6.10 Å². The van der Waals surface area contributed by atoms with Gasteiger partial charge in [-0.05, 0) is 55.4 Å².